The normalized spacial score (nSPS) is 35.3. The maximum Gasteiger partial charge on any atom is 0.308 e. The van der Waals surface area contributed by atoms with Gasteiger partial charge in [0.15, 0.2) is 5.78 Å². The van der Waals surface area contributed by atoms with Gasteiger partial charge in [0.2, 0.25) is 0 Å². The summed E-state index contributed by atoms with van der Waals surface area (Å²) in [6, 6.07) is 3.77. The number of allylic oxidation sites excluding steroid dienone is 4. The van der Waals surface area contributed by atoms with E-state index in [1.807, 2.05) is 25.4 Å². The van der Waals surface area contributed by atoms with E-state index < -0.39 is 11.9 Å². The van der Waals surface area contributed by atoms with Crippen LogP contribution in [-0.2, 0) is 9.53 Å². The summed E-state index contributed by atoms with van der Waals surface area (Å²) in [6.07, 6.45) is 16.3. The molecule has 6 nitrogen and oxygen atoms in total. The highest BCUT2D eigenvalue weighted by molar-refractivity contribution is 5.98. The third-order valence-electron chi connectivity index (χ3n) is 9.22. The predicted molar refractivity (Wildman–Crippen MR) is 146 cm³/mol. The number of hydrogen-bond donors (Lipinski definition) is 3. The highest BCUT2D eigenvalue weighted by Crippen LogP contribution is 2.49. The van der Waals surface area contributed by atoms with Crippen LogP contribution in [0.25, 0.3) is 0 Å². The van der Waals surface area contributed by atoms with Gasteiger partial charge >= 0.3 is 5.97 Å². The molecule has 0 amide bonds. The Balaban J connectivity index is 1.64. The molecule has 202 valence electrons. The summed E-state index contributed by atoms with van der Waals surface area (Å²) in [7, 11) is 2.01. The fraction of sp³-hybridized carbons (Fsp3) is 0.613. The van der Waals surface area contributed by atoms with Gasteiger partial charge in [0, 0.05) is 17.7 Å². The number of aliphatic carboxylic acids is 1. The van der Waals surface area contributed by atoms with E-state index in [0.717, 1.165) is 44.1 Å². The molecule has 8 atom stereocenters. The van der Waals surface area contributed by atoms with E-state index in [4.69, 9.17) is 4.74 Å². The Kier molecular flexibility index (Phi) is 8.59. The van der Waals surface area contributed by atoms with Crippen LogP contribution in [0, 0.1) is 29.6 Å². The molecule has 1 saturated carbocycles. The van der Waals surface area contributed by atoms with Crippen molar-refractivity contribution in [1.82, 2.24) is 10.3 Å². The molecule has 1 unspecified atom stereocenters. The number of carboxylic acid groups (broad SMARTS) is 1. The molecule has 0 radical (unpaired) electrons. The highest BCUT2D eigenvalue weighted by Gasteiger charge is 2.53. The molecule has 4 rings (SSSR count). The van der Waals surface area contributed by atoms with Gasteiger partial charge in [-0.25, -0.2) is 0 Å². The number of nitrogens with one attached hydrogen (secondary N) is 2. The van der Waals surface area contributed by atoms with E-state index in [2.05, 4.69) is 55.4 Å². The number of ether oxygens (including phenoxy) is 1. The van der Waals surface area contributed by atoms with Crippen LogP contribution in [0.5, 0.6) is 0 Å². The van der Waals surface area contributed by atoms with Crippen molar-refractivity contribution >= 4 is 11.8 Å². The summed E-state index contributed by atoms with van der Waals surface area (Å²) >= 11 is 0. The fourth-order valence-electron chi connectivity index (χ4n) is 7.08. The summed E-state index contributed by atoms with van der Waals surface area (Å²) in [5, 5.41) is 13.1. The number of Topliss-reactive ketones (excluding diaryl/α,β-unsaturated/α-hetero) is 1. The average Bonchev–Trinajstić information content (AvgIpc) is 3.57. The Labute approximate surface area is 221 Å². The van der Waals surface area contributed by atoms with Crippen molar-refractivity contribution in [2.24, 2.45) is 29.6 Å². The monoisotopic (exact) mass is 508 g/mol. The Bertz CT molecular complexity index is 1060. The van der Waals surface area contributed by atoms with Crippen LogP contribution < -0.4 is 5.32 Å². The first-order valence-electron chi connectivity index (χ1n) is 14.0. The van der Waals surface area contributed by atoms with E-state index in [1.54, 1.807) is 6.92 Å². The summed E-state index contributed by atoms with van der Waals surface area (Å²) in [6.45, 7) is 8.18. The van der Waals surface area contributed by atoms with Gasteiger partial charge in [-0.1, -0.05) is 50.1 Å². The molecule has 3 N–H and O–H groups in total. The Hall–Kier alpha value is -2.44. The van der Waals surface area contributed by atoms with Crippen molar-refractivity contribution in [2.45, 2.75) is 84.0 Å². The minimum absolute atomic E-state index is 0.0172. The van der Waals surface area contributed by atoms with Crippen molar-refractivity contribution in [2.75, 3.05) is 7.05 Å². The zero-order chi connectivity index (χ0) is 26.7. The van der Waals surface area contributed by atoms with Gasteiger partial charge in [-0.05, 0) is 82.5 Å². The second-order valence-corrected chi connectivity index (χ2v) is 11.4. The van der Waals surface area contributed by atoms with Crippen molar-refractivity contribution in [3.05, 3.63) is 59.5 Å². The number of carboxylic acids is 1. The maximum absolute atomic E-state index is 13.9. The second-order valence-electron chi connectivity index (χ2n) is 11.4. The van der Waals surface area contributed by atoms with Gasteiger partial charge in [0.25, 0.3) is 0 Å². The summed E-state index contributed by atoms with van der Waals surface area (Å²) in [5.74, 6) is -0.670. The van der Waals surface area contributed by atoms with Crippen LogP contribution in [0.15, 0.2) is 53.8 Å². The zero-order valence-electron chi connectivity index (χ0n) is 23.0. The van der Waals surface area contributed by atoms with Crippen LogP contribution in [-0.4, -0.2) is 46.6 Å². The van der Waals surface area contributed by atoms with Gasteiger partial charge in [-0.3, -0.25) is 9.59 Å². The SMILES string of the molecule is CC/C(=C\C(C)=C\[C@@H]1C=C[C@@H]2CCC[C@@]2(NC)C1C(=O)c1ccc[nH]1)[C@@H]1O[C@@H]([C@@H](C)C(=O)O)CC[C@@H]1C. The average molecular weight is 509 g/mol. The first kappa shape index (κ1) is 27.6. The molecule has 2 heterocycles. The standard InChI is InChI=1S/C31H44N2O4/c1-6-22(29-20(3)11-14-26(37-29)21(4)30(35)36)17-19(2)18-23-12-13-24-9-7-15-31(24,32-5)27(23)28(34)25-10-8-16-33-25/h8,10,12-13,16-18,20-21,23-24,26-27,29,32-33H,6-7,9,11,14-15H2,1-5H3,(H,35,36)/b19-18+,22-17+/t20-,21+,23-,24-,26+,27?,29+,31-/m0/s1. The number of aromatic nitrogens is 1. The molecular formula is C31H44N2O4. The molecule has 1 aromatic heterocycles. The maximum atomic E-state index is 13.9. The fourth-order valence-corrected chi connectivity index (χ4v) is 7.08. The quantitative estimate of drug-likeness (QED) is 0.218. The van der Waals surface area contributed by atoms with Crippen molar-refractivity contribution in [3.8, 4) is 0 Å². The van der Waals surface area contributed by atoms with Crippen LogP contribution >= 0.6 is 0 Å². The van der Waals surface area contributed by atoms with Crippen LogP contribution in [0.2, 0.25) is 0 Å². The van der Waals surface area contributed by atoms with E-state index in [-0.39, 0.29) is 35.4 Å². The second kappa shape index (κ2) is 11.5. The third kappa shape index (κ3) is 5.42. The van der Waals surface area contributed by atoms with E-state index in [0.29, 0.717) is 17.5 Å². The van der Waals surface area contributed by atoms with Crippen molar-refractivity contribution < 1.29 is 19.4 Å². The lowest BCUT2D eigenvalue weighted by molar-refractivity contribution is -0.152. The largest absolute Gasteiger partial charge is 0.481 e. The molecule has 1 saturated heterocycles. The molecule has 37 heavy (non-hydrogen) atoms. The molecule has 2 aliphatic carbocycles. The number of fused-ring (bicyclic) bond motifs is 1. The molecule has 0 spiro atoms. The molecule has 2 fully saturated rings. The lowest BCUT2D eigenvalue weighted by Gasteiger charge is -2.46. The Morgan fingerprint density at radius 1 is 1.30 bits per heavy atom. The third-order valence-corrected chi connectivity index (χ3v) is 9.22. The molecule has 6 heteroatoms. The lowest BCUT2D eigenvalue weighted by Crippen LogP contribution is -2.58. The minimum atomic E-state index is -0.804. The molecule has 0 aromatic carbocycles. The Morgan fingerprint density at radius 3 is 2.73 bits per heavy atom. The minimum Gasteiger partial charge on any atom is -0.481 e. The van der Waals surface area contributed by atoms with Gasteiger partial charge in [-0.2, -0.15) is 0 Å². The van der Waals surface area contributed by atoms with Crippen LogP contribution in [0.3, 0.4) is 0 Å². The molecule has 3 aliphatic rings. The molecule has 0 bridgehead atoms. The van der Waals surface area contributed by atoms with Crippen LogP contribution in [0.1, 0.15) is 76.7 Å². The number of aromatic amines is 1. The number of carbonyl (C=O) groups excluding carboxylic acids is 1. The van der Waals surface area contributed by atoms with Gasteiger partial charge < -0.3 is 20.1 Å². The first-order chi connectivity index (χ1) is 17.7. The number of rotatable bonds is 9. The van der Waals surface area contributed by atoms with Gasteiger partial charge in [-0.15, -0.1) is 0 Å². The summed E-state index contributed by atoms with van der Waals surface area (Å²) < 4.78 is 6.41. The Morgan fingerprint density at radius 2 is 2.08 bits per heavy atom. The lowest BCUT2D eigenvalue weighted by atomic mass is 9.63. The topological polar surface area (TPSA) is 91.4 Å². The highest BCUT2D eigenvalue weighted by atomic mass is 16.5. The number of hydrogen-bond acceptors (Lipinski definition) is 4. The molecule has 1 aliphatic heterocycles. The van der Waals surface area contributed by atoms with E-state index in [9.17, 15) is 14.7 Å². The summed E-state index contributed by atoms with van der Waals surface area (Å²) in [4.78, 5) is 28.6. The van der Waals surface area contributed by atoms with Gasteiger partial charge in [0.1, 0.15) is 0 Å². The van der Waals surface area contributed by atoms with Crippen molar-refractivity contribution in [3.63, 3.8) is 0 Å². The number of H-pyrrole nitrogens is 1. The van der Waals surface area contributed by atoms with Crippen LogP contribution in [0.4, 0.5) is 0 Å². The first-order valence-corrected chi connectivity index (χ1v) is 14.0. The summed E-state index contributed by atoms with van der Waals surface area (Å²) in [5.41, 5.74) is 2.74. The number of carbonyl (C=O) groups is 2. The van der Waals surface area contributed by atoms with Crippen molar-refractivity contribution in [1.29, 1.82) is 0 Å². The number of ketones is 1. The predicted octanol–water partition coefficient (Wildman–Crippen LogP) is 5.95. The molecule has 1 aromatic rings. The van der Waals surface area contributed by atoms with E-state index in [1.165, 1.54) is 5.57 Å². The molecular weight excluding hydrogens is 464 g/mol. The smallest absolute Gasteiger partial charge is 0.308 e. The van der Waals surface area contributed by atoms with E-state index >= 15 is 0 Å². The van der Waals surface area contributed by atoms with Gasteiger partial charge in [0.05, 0.1) is 29.7 Å². The zero-order valence-corrected chi connectivity index (χ0v) is 23.0.